The number of amides is 1. The standard InChI is InChI=1S/C20H23Cl2N3O3S/c1-14(16-5-3-4-6-17(16)21)24-9-11-25(12-10-24)20(26)15-7-8-18(22)19(13-15)23-29(2,27)28/h3-8,13-14,23H,9-12H2,1-2H3. The Morgan fingerprint density at radius 3 is 2.31 bits per heavy atom. The molecule has 1 unspecified atom stereocenters. The lowest BCUT2D eigenvalue weighted by Crippen LogP contribution is -2.49. The van der Waals surface area contributed by atoms with Gasteiger partial charge in [0.15, 0.2) is 0 Å². The molecule has 9 heteroatoms. The van der Waals surface area contributed by atoms with Gasteiger partial charge in [0.2, 0.25) is 10.0 Å². The van der Waals surface area contributed by atoms with E-state index in [0.717, 1.165) is 29.9 Å². The lowest BCUT2D eigenvalue weighted by Gasteiger charge is -2.38. The summed E-state index contributed by atoms with van der Waals surface area (Å²) in [5, 5.41) is 0.982. The third-order valence-electron chi connectivity index (χ3n) is 5.01. The highest BCUT2D eigenvalue weighted by Crippen LogP contribution is 2.29. The second kappa shape index (κ2) is 8.92. The Labute approximate surface area is 181 Å². The van der Waals surface area contributed by atoms with Crippen LogP contribution in [0.4, 0.5) is 5.69 Å². The smallest absolute Gasteiger partial charge is 0.254 e. The first-order chi connectivity index (χ1) is 13.7. The average Bonchev–Trinajstić information content (AvgIpc) is 2.68. The van der Waals surface area contributed by atoms with Crippen molar-refractivity contribution < 1.29 is 13.2 Å². The number of hydrogen-bond acceptors (Lipinski definition) is 4. The van der Waals surface area contributed by atoms with E-state index in [1.807, 2.05) is 24.3 Å². The molecule has 156 valence electrons. The first-order valence-corrected chi connectivity index (χ1v) is 11.9. The van der Waals surface area contributed by atoms with Gasteiger partial charge in [0.25, 0.3) is 5.91 Å². The van der Waals surface area contributed by atoms with Gasteiger partial charge in [0, 0.05) is 42.8 Å². The van der Waals surface area contributed by atoms with Crippen molar-refractivity contribution in [2.75, 3.05) is 37.2 Å². The molecule has 0 radical (unpaired) electrons. The van der Waals surface area contributed by atoms with Crippen molar-refractivity contribution in [2.24, 2.45) is 0 Å². The van der Waals surface area contributed by atoms with Crippen LogP contribution in [0.3, 0.4) is 0 Å². The van der Waals surface area contributed by atoms with Crippen molar-refractivity contribution in [3.8, 4) is 0 Å². The Bertz CT molecular complexity index is 1010. The molecule has 29 heavy (non-hydrogen) atoms. The number of sulfonamides is 1. The summed E-state index contributed by atoms with van der Waals surface area (Å²) in [6.07, 6.45) is 1.04. The monoisotopic (exact) mass is 455 g/mol. The highest BCUT2D eigenvalue weighted by molar-refractivity contribution is 7.92. The van der Waals surface area contributed by atoms with Gasteiger partial charge in [0.05, 0.1) is 17.0 Å². The number of hydrogen-bond donors (Lipinski definition) is 1. The van der Waals surface area contributed by atoms with Crippen LogP contribution in [-0.2, 0) is 10.0 Å². The van der Waals surface area contributed by atoms with Crippen LogP contribution >= 0.6 is 23.2 Å². The van der Waals surface area contributed by atoms with Crippen molar-refractivity contribution in [1.82, 2.24) is 9.80 Å². The van der Waals surface area contributed by atoms with Crippen LogP contribution in [0.15, 0.2) is 42.5 Å². The number of carbonyl (C=O) groups is 1. The van der Waals surface area contributed by atoms with Gasteiger partial charge in [-0.3, -0.25) is 14.4 Å². The predicted molar refractivity (Wildman–Crippen MR) is 117 cm³/mol. The van der Waals surface area contributed by atoms with E-state index in [-0.39, 0.29) is 22.7 Å². The van der Waals surface area contributed by atoms with Gasteiger partial charge in [-0.05, 0) is 36.8 Å². The highest BCUT2D eigenvalue weighted by Gasteiger charge is 2.26. The van der Waals surface area contributed by atoms with Gasteiger partial charge in [-0.25, -0.2) is 8.42 Å². The summed E-state index contributed by atoms with van der Waals surface area (Å²) in [6.45, 7) is 4.71. The summed E-state index contributed by atoms with van der Waals surface area (Å²) in [4.78, 5) is 17.0. The molecule has 0 spiro atoms. The maximum atomic E-state index is 12.9. The topological polar surface area (TPSA) is 69.7 Å². The fraction of sp³-hybridized carbons (Fsp3) is 0.350. The lowest BCUT2D eigenvalue weighted by atomic mass is 10.1. The molecule has 1 amide bonds. The second-order valence-electron chi connectivity index (χ2n) is 7.09. The molecule has 0 aliphatic carbocycles. The van der Waals surface area contributed by atoms with Crippen molar-refractivity contribution in [3.63, 3.8) is 0 Å². The van der Waals surface area contributed by atoms with Crippen molar-refractivity contribution >= 4 is 44.8 Å². The largest absolute Gasteiger partial charge is 0.336 e. The van der Waals surface area contributed by atoms with E-state index in [1.54, 1.807) is 11.0 Å². The minimum Gasteiger partial charge on any atom is -0.336 e. The number of halogens is 2. The molecule has 6 nitrogen and oxygen atoms in total. The minimum absolute atomic E-state index is 0.150. The molecule has 0 bridgehead atoms. The number of piperazine rings is 1. The molecule has 0 aromatic heterocycles. The van der Waals surface area contributed by atoms with Crippen LogP contribution < -0.4 is 4.72 Å². The summed E-state index contributed by atoms with van der Waals surface area (Å²) in [6, 6.07) is 12.6. The molecular formula is C20H23Cl2N3O3S. The molecule has 1 atom stereocenters. The maximum absolute atomic E-state index is 12.9. The van der Waals surface area contributed by atoms with E-state index in [1.165, 1.54) is 12.1 Å². The molecule has 3 rings (SSSR count). The Hall–Kier alpha value is -1.80. The van der Waals surface area contributed by atoms with E-state index in [4.69, 9.17) is 23.2 Å². The maximum Gasteiger partial charge on any atom is 0.254 e. The van der Waals surface area contributed by atoms with Gasteiger partial charge in [0.1, 0.15) is 0 Å². The van der Waals surface area contributed by atoms with Crippen LogP contribution in [0.25, 0.3) is 0 Å². The lowest BCUT2D eigenvalue weighted by molar-refractivity contribution is 0.0582. The summed E-state index contributed by atoms with van der Waals surface area (Å²) in [7, 11) is -3.49. The van der Waals surface area contributed by atoms with Crippen LogP contribution in [0, 0.1) is 0 Å². The number of anilines is 1. The van der Waals surface area contributed by atoms with Gasteiger partial charge < -0.3 is 4.90 Å². The molecule has 1 aliphatic rings. The average molecular weight is 456 g/mol. The van der Waals surface area contributed by atoms with E-state index >= 15 is 0 Å². The van der Waals surface area contributed by atoms with E-state index < -0.39 is 10.0 Å². The molecule has 1 N–H and O–H groups in total. The number of carbonyl (C=O) groups excluding carboxylic acids is 1. The second-order valence-corrected chi connectivity index (χ2v) is 9.66. The predicted octanol–water partition coefficient (Wildman–Crippen LogP) is 3.88. The SMILES string of the molecule is CC(c1ccccc1Cl)N1CCN(C(=O)c2ccc(Cl)c(NS(C)(=O)=O)c2)CC1. The zero-order chi connectivity index (χ0) is 21.2. The van der Waals surface area contributed by atoms with E-state index in [2.05, 4.69) is 16.5 Å². The third kappa shape index (κ3) is 5.42. The quantitative estimate of drug-likeness (QED) is 0.742. The zero-order valence-corrected chi connectivity index (χ0v) is 18.6. The van der Waals surface area contributed by atoms with Crippen molar-refractivity contribution in [2.45, 2.75) is 13.0 Å². The van der Waals surface area contributed by atoms with Gasteiger partial charge in [-0.1, -0.05) is 41.4 Å². The highest BCUT2D eigenvalue weighted by atomic mass is 35.5. The summed E-state index contributed by atoms with van der Waals surface area (Å²) >= 11 is 12.4. The Balaban J connectivity index is 1.67. The molecule has 1 saturated heterocycles. The first-order valence-electron chi connectivity index (χ1n) is 9.21. The van der Waals surface area contributed by atoms with E-state index in [0.29, 0.717) is 18.7 Å². The molecule has 0 saturated carbocycles. The molecule has 2 aromatic carbocycles. The van der Waals surface area contributed by atoms with Crippen LogP contribution in [0.1, 0.15) is 28.9 Å². The molecule has 1 heterocycles. The number of nitrogens with zero attached hydrogens (tertiary/aromatic N) is 2. The fourth-order valence-electron chi connectivity index (χ4n) is 3.44. The van der Waals surface area contributed by atoms with Crippen LogP contribution in [0.2, 0.25) is 10.0 Å². The van der Waals surface area contributed by atoms with E-state index in [9.17, 15) is 13.2 Å². The fourth-order valence-corrected chi connectivity index (χ4v) is 4.52. The van der Waals surface area contributed by atoms with Crippen LogP contribution in [0.5, 0.6) is 0 Å². The summed E-state index contributed by atoms with van der Waals surface area (Å²) < 4.78 is 25.3. The zero-order valence-electron chi connectivity index (χ0n) is 16.2. The number of nitrogens with one attached hydrogen (secondary N) is 1. The minimum atomic E-state index is -3.49. The molecule has 1 aliphatic heterocycles. The Kier molecular flexibility index (Phi) is 6.73. The number of benzene rings is 2. The third-order valence-corrected chi connectivity index (χ3v) is 6.28. The van der Waals surface area contributed by atoms with Gasteiger partial charge in [-0.15, -0.1) is 0 Å². The summed E-state index contributed by atoms with van der Waals surface area (Å²) in [5.74, 6) is -0.150. The van der Waals surface area contributed by atoms with Gasteiger partial charge in [-0.2, -0.15) is 0 Å². The van der Waals surface area contributed by atoms with Crippen LogP contribution in [-0.4, -0.2) is 56.6 Å². The molecular weight excluding hydrogens is 433 g/mol. The van der Waals surface area contributed by atoms with Gasteiger partial charge >= 0.3 is 0 Å². The summed E-state index contributed by atoms with van der Waals surface area (Å²) in [5.41, 5.74) is 1.67. The normalized spacial score (nSPS) is 16.5. The number of rotatable bonds is 5. The Morgan fingerprint density at radius 1 is 1.03 bits per heavy atom. The Morgan fingerprint density at radius 2 is 1.69 bits per heavy atom. The van der Waals surface area contributed by atoms with Crippen molar-refractivity contribution in [1.29, 1.82) is 0 Å². The first kappa shape index (κ1) is 21.9. The molecule has 2 aromatic rings. The molecule has 1 fully saturated rings. The van der Waals surface area contributed by atoms with Crippen molar-refractivity contribution in [3.05, 3.63) is 63.6 Å².